The topological polar surface area (TPSA) is 98.5 Å². The minimum atomic E-state index is -0.634. The lowest BCUT2D eigenvalue weighted by molar-refractivity contribution is -0.385. The number of hydrogen-bond acceptors (Lipinski definition) is 5. The van der Waals surface area contributed by atoms with E-state index in [0.717, 1.165) is 18.9 Å². The minimum Gasteiger partial charge on any atom is -0.477 e. The number of aldehydes is 1. The first kappa shape index (κ1) is 17.9. The Labute approximate surface area is 140 Å². The van der Waals surface area contributed by atoms with E-state index in [0.29, 0.717) is 18.1 Å². The van der Waals surface area contributed by atoms with Crippen molar-refractivity contribution in [3.05, 3.63) is 33.9 Å². The van der Waals surface area contributed by atoms with Crippen LogP contribution in [0.15, 0.2) is 18.2 Å². The molecule has 1 saturated carbocycles. The van der Waals surface area contributed by atoms with E-state index in [-0.39, 0.29) is 35.6 Å². The molecule has 1 aliphatic carbocycles. The number of hydrogen-bond donors (Lipinski definition) is 1. The predicted octanol–water partition coefficient (Wildman–Crippen LogP) is 2.73. The fourth-order valence-corrected chi connectivity index (χ4v) is 3.05. The summed E-state index contributed by atoms with van der Waals surface area (Å²) in [7, 11) is 0. The number of amides is 1. The van der Waals surface area contributed by atoms with Gasteiger partial charge in [0.1, 0.15) is 6.29 Å². The summed E-state index contributed by atoms with van der Waals surface area (Å²) in [5.41, 5.74) is -0.143. The van der Waals surface area contributed by atoms with Gasteiger partial charge in [-0.15, -0.1) is 0 Å². The number of ether oxygens (including phenoxy) is 1. The van der Waals surface area contributed by atoms with Gasteiger partial charge in [-0.3, -0.25) is 19.7 Å². The molecule has 0 aliphatic heterocycles. The minimum absolute atomic E-state index is 0.0224. The first-order valence-electron chi connectivity index (χ1n) is 8.08. The Morgan fingerprint density at radius 2 is 2.17 bits per heavy atom. The lowest BCUT2D eigenvalue weighted by Crippen LogP contribution is -2.45. The standard InChI is InChI=1S/C17H22N2O5/c1-11-4-3-5-14(12(11)2)18-17(21)10-24-16-7-6-13(9-20)8-15(16)19(22)23/h6-9,11-12,14H,3-5,10H2,1-2H3,(H,18,21)/t11-,12+,14+/m0/s1. The molecule has 0 bridgehead atoms. The highest BCUT2D eigenvalue weighted by molar-refractivity contribution is 5.79. The van der Waals surface area contributed by atoms with Crippen molar-refractivity contribution in [3.63, 3.8) is 0 Å². The first-order valence-corrected chi connectivity index (χ1v) is 8.08. The zero-order chi connectivity index (χ0) is 17.7. The molecule has 1 aromatic carbocycles. The molecule has 130 valence electrons. The Kier molecular flexibility index (Phi) is 5.89. The summed E-state index contributed by atoms with van der Waals surface area (Å²) in [5.74, 6) is 0.631. The number of nitrogens with one attached hydrogen (secondary N) is 1. The van der Waals surface area contributed by atoms with E-state index in [2.05, 4.69) is 19.2 Å². The number of carbonyl (C=O) groups excluding carboxylic acids is 2. The van der Waals surface area contributed by atoms with E-state index in [1.807, 2.05) is 0 Å². The van der Waals surface area contributed by atoms with Crippen molar-refractivity contribution in [2.45, 2.75) is 39.2 Å². The number of rotatable bonds is 6. The molecule has 0 radical (unpaired) electrons. The molecule has 0 spiro atoms. The maximum absolute atomic E-state index is 12.1. The van der Waals surface area contributed by atoms with E-state index in [1.54, 1.807) is 0 Å². The second-order valence-electron chi connectivity index (χ2n) is 6.33. The Hall–Kier alpha value is -2.44. The Balaban J connectivity index is 1.96. The van der Waals surface area contributed by atoms with Crippen molar-refractivity contribution in [1.29, 1.82) is 0 Å². The lowest BCUT2D eigenvalue weighted by Gasteiger charge is -2.34. The second-order valence-corrected chi connectivity index (χ2v) is 6.33. The van der Waals surface area contributed by atoms with E-state index in [1.165, 1.54) is 18.6 Å². The summed E-state index contributed by atoms with van der Waals surface area (Å²) in [6.45, 7) is 4.01. The molecule has 1 aliphatic rings. The van der Waals surface area contributed by atoms with Gasteiger partial charge in [0.05, 0.1) is 4.92 Å². The molecule has 1 N–H and O–H groups in total. The number of nitro groups is 1. The zero-order valence-electron chi connectivity index (χ0n) is 13.9. The molecule has 0 aromatic heterocycles. The molecule has 1 amide bonds. The Morgan fingerprint density at radius 3 is 2.83 bits per heavy atom. The molecule has 0 saturated heterocycles. The van der Waals surface area contributed by atoms with Gasteiger partial charge in [-0.1, -0.05) is 26.7 Å². The van der Waals surface area contributed by atoms with Gasteiger partial charge in [-0.05, 0) is 30.4 Å². The third-order valence-electron chi connectivity index (χ3n) is 4.73. The average Bonchev–Trinajstić information content (AvgIpc) is 2.57. The molecule has 7 nitrogen and oxygen atoms in total. The van der Waals surface area contributed by atoms with Crippen LogP contribution in [0.25, 0.3) is 0 Å². The average molecular weight is 334 g/mol. The second kappa shape index (κ2) is 7.90. The van der Waals surface area contributed by atoms with E-state index in [4.69, 9.17) is 4.74 Å². The summed E-state index contributed by atoms with van der Waals surface area (Å²) in [6.07, 6.45) is 3.70. The smallest absolute Gasteiger partial charge is 0.311 e. The molecule has 1 fully saturated rings. The predicted molar refractivity (Wildman–Crippen MR) is 88.1 cm³/mol. The summed E-state index contributed by atoms with van der Waals surface area (Å²) >= 11 is 0. The largest absolute Gasteiger partial charge is 0.477 e. The first-order chi connectivity index (χ1) is 11.4. The molecule has 24 heavy (non-hydrogen) atoms. The normalized spacial score (nSPS) is 23.3. The van der Waals surface area contributed by atoms with Crippen molar-refractivity contribution in [1.82, 2.24) is 5.32 Å². The lowest BCUT2D eigenvalue weighted by atomic mass is 9.78. The van der Waals surface area contributed by atoms with Crippen LogP contribution in [-0.4, -0.2) is 29.8 Å². The van der Waals surface area contributed by atoms with Crippen LogP contribution in [0.3, 0.4) is 0 Å². The van der Waals surface area contributed by atoms with Gasteiger partial charge in [-0.25, -0.2) is 0 Å². The van der Waals surface area contributed by atoms with Crippen molar-refractivity contribution in [3.8, 4) is 5.75 Å². The third kappa shape index (κ3) is 4.31. The molecule has 0 heterocycles. The zero-order valence-corrected chi connectivity index (χ0v) is 13.9. The van der Waals surface area contributed by atoms with Crippen LogP contribution in [0.5, 0.6) is 5.75 Å². The Morgan fingerprint density at radius 1 is 1.42 bits per heavy atom. The van der Waals surface area contributed by atoms with Gasteiger partial charge in [0, 0.05) is 17.7 Å². The molecular weight excluding hydrogens is 312 g/mol. The Bertz CT molecular complexity index is 631. The van der Waals surface area contributed by atoms with Gasteiger partial charge >= 0.3 is 5.69 Å². The van der Waals surface area contributed by atoms with Gasteiger partial charge in [0.2, 0.25) is 0 Å². The highest BCUT2D eigenvalue weighted by Gasteiger charge is 2.28. The molecule has 7 heteroatoms. The monoisotopic (exact) mass is 334 g/mol. The van der Waals surface area contributed by atoms with Crippen molar-refractivity contribution in [2.24, 2.45) is 11.8 Å². The van der Waals surface area contributed by atoms with E-state index in [9.17, 15) is 19.7 Å². The van der Waals surface area contributed by atoms with Crippen LogP contribution in [0.1, 0.15) is 43.5 Å². The van der Waals surface area contributed by atoms with Crippen LogP contribution in [-0.2, 0) is 4.79 Å². The number of nitro benzene ring substituents is 1. The van der Waals surface area contributed by atoms with Crippen LogP contribution in [0, 0.1) is 22.0 Å². The fraction of sp³-hybridized carbons (Fsp3) is 0.529. The quantitative estimate of drug-likeness (QED) is 0.490. The van der Waals surface area contributed by atoms with Crippen LogP contribution >= 0.6 is 0 Å². The van der Waals surface area contributed by atoms with Crippen molar-refractivity contribution < 1.29 is 19.2 Å². The highest BCUT2D eigenvalue weighted by atomic mass is 16.6. The van der Waals surface area contributed by atoms with Gasteiger partial charge in [-0.2, -0.15) is 0 Å². The van der Waals surface area contributed by atoms with Crippen molar-refractivity contribution >= 4 is 17.9 Å². The van der Waals surface area contributed by atoms with Crippen LogP contribution < -0.4 is 10.1 Å². The van der Waals surface area contributed by atoms with E-state index >= 15 is 0 Å². The van der Waals surface area contributed by atoms with Gasteiger partial charge in [0.25, 0.3) is 5.91 Å². The molecule has 3 atom stereocenters. The molecule has 1 aromatic rings. The highest BCUT2D eigenvalue weighted by Crippen LogP contribution is 2.30. The maximum atomic E-state index is 12.1. The molecule has 0 unspecified atom stereocenters. The fourth-order valence-electron chi connectivity index (χ4n) is 3.05. The number of benzene rings is 1. The van der Waals surface area contributed by atoms with Gasteiger partial charge in [0.15, 0.2) is 12.4 Å². The molecular formula is C17H22N2O5. The number of carbonyl (C=O) groups is 2. The van der Waals surface area contributed by atoms with Crippen LogP contribution in [0.2, 0.25) is 0 Å². The van der Waals surface area contributed by atoms with Crippen molar-refractivity contribution in [2.75, 3.05) is 6.61 Å². The third-order valence-corrected chi connectivity index (χ3v) is 4.73. The van der Waals surface area contributed by atoms with Crippen LogP contribution in [0.4, 0.5) is 5.69 Å². The summed E-state index contributed by atoms with van der Waals surface area (Å²) in [5, 5.41) is 14.0. The van der Waals surface area contributed by atoms with Gasteiger partial charge < -0.3 is 10.1 Å². The summed E-state index contributed by atoms with van der Waals surface area (Å²) < 4.78 is 5.29. The summed E-state index contributed by atoms with van der Waals surface area (Å²) in [6, 6.07) is 3.99. The SMILES string of the molecule is C[C@@H]1[C@@H](C)CCC[C@H]1NC(=O)COc1ccc(C=O)cc1[N+](=O)[O-]. The molecule has 2 rings (SSSR count). The number of nitrogens with zero attached hydrogens (tertiary/aromatic N) is 1. The van der Waals surface area contributed by atoms with E-state index < -0.39 is 4.92 Å². The summed E-state index contributed by atoms with van der Waals surface area (Å²) in [4.78, 5) is 33.2. The maximum Gasteiger partial charge on any atom is 0.311 e.